The summed E-state index contributed by atoms with van der Waals surface area (Å²) >= 11 is 0. The Morgan fingerprint density at radius 1 is 1.36 bits per heavy atom. The van der Waals surface area contributed by atoms with E-state index in [1.807, 2.05) is 0 Å². The molecule has 0 spiro atoms. The summed E-state index contributed by atoms with van der Waals surface area (Å²) in [5.41, 5.74) is 0. The summed E-state index contributed by atoms with van der Waals surface area (Å²) in [6.07, 6.45) is -0.494. The van der Waals surface area contributed by atoms with Crippen molar-refractivity contribution < 1.29 is 33.6 Å². The van der Waals surface area contributed by atoms with Crippen LogP contribution >= 0.6 is 0 Å². The molecule has 1 N–H and O–H groups in total. The van der Waals surface area contributed by atoms with Crippen molar-refractivity contribution in [1.29, 1.82) is 0 Å². The highest BCUT2D eigenvalue weighted by molar-refractivity contribution is 5.02. The van der Waals surface area contributed by atoms with Crippen molar-refractivity contribution in [2.24, 2.45) is 0 Å². The van der Waals surface area contributed by atoms with Gasteiger partial charge in [-0.3, -0.25) is 0 Å². The Balaban J connectivity index is 0. The number of quaternary nitrogens is 1. The number of nitrogens with zero attached hydrogens (tertiary/aromatic N) is 1. The first kappa shape index (κ1) is 13.8. The fourth-order valence-corrected chi connectivity index (χ4v) is 0.431. The van der Waals surface area contributed by atoms with Crippen molar-refractivity contribution in [2.45, 2.75) is 13.0 Å². The van der Waals surface area contributed by atoms with Crippen LogP contribution in [0, 0.1) is 11.8 Å². The van der Waals surface area contributed by atoms with Crippen LogP contribution in [-0.4, -0.2) is 43.4 Å². The van der Waals surface area contributed by atoms with Gasteiger partial charge in [0.1, 0.15) is 12.6 Å². The normalized spacial score (nSPS) is 12.5. The van der Waals surface area contributed by atoms with Gasteiger partial charge in [-0.1, -0.05) is 5.92 Å². The molecule has 11 heavy (non-hydrogen) atoms. The molecule has 0 aliphatic rings. The Bertz CT molecular complexity index is 150. The Kier molecular flexibility index (Phi) is 7.28. The first-order valence-corrected chi connectivity index (χ1v) is 3.39. The highest BCUT2D eigenvalue weighted by atomic mass is 127. The van der Waals surface area contributed by atoms with E-state index in [4.69, 9.17) is 5.11 Å². The maximum absolute atomic E-state index is 8.77. The minimum absolute atomic E-state index is 0. The van der Waals surface area contributed by atoms with Crippen LogP contribution < -0.4 is 24.0 Å². The van der Waals surface area contributed by atoms with Gasteiger partial charge in [0, 0.05) is 0 Å². The fraction of sp³-hybridized carbons (Fsp3) is 0.750. The first-order valence-electron chi connectivity index (χ1n) is 3.39. The lowest BCUT2D eigenvalue weighted by Gasteiger charge is -2.20. The van der Waals surface area contributed by atoms with Crippen molar-refractivity contribution in [1.82, 2.24) is 0 Å². The molecule has 0 aliphatic carbocycles. The SMILES string of the molecule is C[C@@H](O)C#CC[N+](C)(C)C.[I-]. The Morgan fingerprint density at radius 2 is 1.82 bits per heavy atom. The zero-order valence-electron chi connectivity index (χ0n) is 7.56. The van der Waals surface area contributed by atoms with E-state index in [0.717, 1.165) is 11.0 Å². The third kappa shape index (κ3) is 13.2. The monoisotopic (exact) mass is 269 g/mol. The molecule has 0 aromatic rings. The summed E-state index contributed by atoms with van der Waals surface area (Å²) in [6.45, 7) is 2.45. The number of aliphatic hydroxyl groups excluding tert-OH is 1. The van der Waals surface area contributed by atoms with Crippen LogP contribution in [0.1, 0.15) is 6.92 Å². The molecule has 0 aromatic carbocycles. The van der Waals surface area contributed by atoms with Gasteiger partial charge in [-0.05, 0) is 12.8 Å². The molecule has 0 rings (SSSR count). The van der Waals surface area contributed by atoms with E-state index < -0.39 is 6.10 Å². The van der Waals surface area contributed by atoms with Crippen molar-refractivity contribution in [3.63, 3.8) is 0 Å². The molecule has 0 aliphatic heterocycles. The minimum atomic E-state index is -0.494. The van der Waals surface area contributed by atoms with Gasteiger partial charge in [0.05, 0.1) is 21.1 Å². The van der Waals surface area contributed by atoms with Gasteiger partial charge in [0.2, 0.25) is 0 Å². The quantitative estimate of drug-likeness (QED) is 0.307. The molecule has 0 saturated carbocycles. The largest absolute Gasteiger partial charge is 1.00 e. The predicted molar refractivity (Wildman–Crippen MR) is 42.4 cm³/mol. The van der Waals surface area contributed by atoms with E-state index in [-0.39, 0.29) is 24.0 Å². The Hall–Kier alpha value is 0.210. The Labute approximate surface area is 86.2 Å². The molecule has 0 bridgehead atoms. The molecule has 0 amide bonds. The molecule has 0 fully saturated rings. The van der Waals surface area contributed by atoms with Crippen molar-refractivity contribution in [2.75, 3.05) is 27.7 Å². The molecule has 0 heterocycles. The van der Waals surface area contributed by atoms with Gasteiger partial charge in [-0.2, -0.15) is 0 Å². The second kappa shape index (κ2) is 5.81. The number of rotatable bonds is 1. The van der Waals surface area contributed by atoms with E-state index in [2.05, 4.69) is 33.0 Å². The maximum atomic E-state index is 8.77. The highest BCUT2D eigenvalue weighted by Crippen LogP contribution is 1.86. The second-order valence-electron chi connectivity index (χ2n) is 3.45. The first-order chi connectivity index (χ1) is 4.42. The van der Waals surface area contributed by atoms with E-state index >= 15 is 0 Å². The third-order valence-corrected chi connectivity index (χ3v) is 0.864. The molecule has 66 valence electrons. The van der Waals surface area contributed by atoms with Gasteiger partial charge in [0.15, 0.2) is 0 Å². The van der Waals surface area contributed by atoms with E-state index in [9.17, 15) is 0 Å². The predicted octanol–water partition coefficient (Wildman–Crippen LogP) is -2.92. The lowest BCUT2D eigenvalue weighted by Crippen LogP contribution is -3.00. The zero-order chi connectivity index (χ0) is 8.20. The smallest absolute Gasteiger partial charge is 0.140 e. The number of hydrogen-bond donors (Lipinski definition) is 1. The molecule has 1 atom stereocenters. The number of halogens is 1. The summed E-state index contributed by atoms with van der Waals surface area (Å²) in [7, 11) is 6.20. The summed E-state index contributed by atoms with van der Waals surface area (Å²) in [5, 5.41) is 8.77. The van der Waals surface area contributed by atoms with Crippen LogP contribution in [0.25, 0.3) is 0 Å². The second-order valence-corrected chi connectivity index (χ2v) is 3.45. The molecular formula is C8H16INO. The van der Waals surface area contributed by atoms with E-state index in [1.54, 1.807) is 6.92 Å². The Morgan fingerprint density at radius 3 is 2.09 bits per heavy atom. The van der Waals surface area contributed by atoms with Crippen LogP contribution in [0.5, 0.6) is 0 Å². The lowest BCUT2D eigenvalue weighted by atomic mass is 10.4. The van der Waals surface area contributed by atoms with Gasteiger partial charge in [-0.15, -0.1) is 0 Å². The molecule has 0 aromatic heterocycles. The molecule has 0 saturated heterocycles. The van der Waals surface area contributed by atoms with Gasteiger partial charge in [0.25, 0.3) is 0 Å². The standard InChI is InChI=1S/C8H16NO.HI/c1-8(10)6-5-7-9(2,3)4;/h8,10H,7H2,1-4H3;1H/q+1;/p-1/t8-;/m1./s1. The van der Waals surface area contributed by atoms with Gasteiger partial charge >= 0.3 is 0 Å². The molecular weight excluding hydrogens is 253 g/mol. The van der Waals surface area contributed by atoms with Crippen LogP contribution in [-0.2, 0) is 0 Å². The van der Waals surface area contributed by atoms with Crippen molar-refractivity contribution in [3.05, 3.63) is 0 Å². The number of hydrogen-bond acceptors (Lipinski definition) is 1. The average molecular weight is 269 g/mol. The van der Waals surface area contributed by atoms with Gasteiger partial charge in [-0.25, -0.2) is 0 Å². The zero-order valence-corrected chi connectivity index (χ0v) is 9.71. The minimum Gasteiger partial charge on any atom is -1.00 e. The van der Waals surface area contributed by atoms with Crippen LogP contribution in [0.2, 0.25) is 0 Å². The lowest BCUT2D eigenvalue weighted by molar-refractivity contribution is -0.862. The van der Waals surface area contributed by atoms with Crippen LogP contribution in [0.15, 0.2) is 0 Å². The molecule has 0 unspecified atom stereocenters. The molecule has 2 nitrogen and oxygen atoms in total. The summed E-state index contributed by atoms with van der Waals surface area (Å²) in [6, 6.07) is 0. The van der Waals surface area contributed by atoms with E-state index in [1.165, 1.54) is 0 Å². The topological polar surface area (TPSA) is 20.2 Å². The fourth-order valence-electron chi connectivity index (χ4n) is 0.431. The maximum Gasteiger partial charge on any atom is 0.140 e. The molecule has 3 heteroatoms. The average Bonchev–Trinajstić information content (AvgIpc) is 1.59. The molecule has 0 radical (unpaired) electrons. The van der Waals surface area contributed by atoms with Crippen molar-refractivity contribution >= 4 is 0 Å². The number of aliphatic hydroxyl groups is 1. The third-order valence-electron chi connectivity index (χ3n) is 0.864. The summed E-state index contributed by atoms with van der Waals surface area (Å²) in [5.74, 6) is 5.59. The van der Waals surface area contributed by atoms with Crippen LogP contribution in [0.4, 0.5) is 0 Å². The summed E-state index contributed by atoms with van der Waals surface area (Å²) in [4.78, 5) is 0. The van der Waals surface area contributed by atoms with Crippen LogP contribution in [0.3, 0.4) is 0 Å². The summed E-state index contributed by atoms with van der Waals surface area (Å²) < 4.78 is 0.819. The van der Waals surface area contributed by atoms with Gasteiger partial charge < -0.3 is 33.6 Å². The van der Waals surface area contributed by atoms with E-state index in [0.29, 0.717) is 0 Å². The highest BCUT2D eigenvalue weighted by Gasteiger charge is 2.01. The van der Waals surface area contributed by atoms with Crippen molar-refractivity contribution in [3.8, 4) is 11.8 Å².